The molecule has 1 aliphatic rings. The van der Waals surface area contributed by atoms with Crippen molar-refractivity contribution in [3.8, 4) is 11.8 Å². The molecule has 142 valence electrons. The van der Waals surface area contributed by atoms with Gasteiger partial charge in [0, 0.05) is 20.2 Å². The van der Waals surface area contributed by atoms with Gasteiger partial charge >= 0.3 is 6.36 Å². The third-order valence-corrected chi connectivity index (χ3v) is 3.91. The Morgan fingerprint density at radius 1 is 1.35 bits per heavy atom. The largest absolute Gasteiger partial charge is 0.573 e. The SMILES string of the molecule is COCC1Oc2nc(N)cn2CC1NCc1ccc(OC(F)(F)F)cc1. The first-order valence-corrected chi connectivity index (χ1v) is 7.90. The average Bonchev–Trinajstić information content (AvgIpc) is 2.92. The first-order valence-electron chi connectivity index (χ1n) is 7.90. The Labute approximate surface area is 147 Å². The van der Waals surface area contributed by atoms with Crippen molar-refractivity contribution in [2.75, 3.05) is 19.5 Å². The van der Waals surface area contributed by atoms with E-state index in [1.165, 1.54) is 12.1 Å². The van der Waals surface area contributed by atoms with Gasteiger partial charge in [0.1, 0.15) is 17.7 Å². The number of nitrogens with zero attached hydrogens (tertiary/aromatic N) is 2. The number of nitrogens with one attached hydrogen (secondary N) is 1. The van der Waals surface area contributed by atoms with Crippen LogP contribution in [0, 0.1) is 0 Å². The summed E-state index contributed by atoms with van der Waals surface area (Å²) in [6.45, 7) is 1.39. The summed E-state index contributed by atoms with van der Waals surface area (Å²) < 4.78 is 53.3. The minimum Gasteiger partial charge on any atom is -0.457 e. The van der Waals surface area contributed by atoms with Crippen LogP contribution in [0.25, 0.3) is 0 Å². The molecule has 3 N–H and O–H groups in total. The highest BCUT2D eigenvalue weighted by Crippen LogP contribution is 2.24. The van der Waals surface area contributed by atoms with Gasteiger partial charge in [0.2, 0.25) is 0 Å². The Hall–Kier alpha value is -2.46. The molecule has 0 amide bonds. The molecule has 0 saturated carbocycles. The summed E-state index contributed by atoms with van der Waals surface area (Å²) in [5, 5.41) is 3.33. The molecule has 1 aromatic heterocycles. The van der Waals surface area contributed by atoms with Crippen LogP contribution >= 0.6 is 0 Å². The zero-order valence-electron chi connectivity index (χ0n) is 14.0. The van der Waals surface area contributed by atoms with Crippen molar-refractivity contribution in [2.45, 2.75) is 31.6 Å². The quantitative estimate of drug-likeness (QED) is 0.806. The second kappa shape index (κ2) is 7.42. The molecule has 0 bridgehead atoms. The summed E-state index contributed by atoms with van der Waals surface area (Å²) >= 11 is 0. The van der Waals surface area contributed by atoms with Crippen molar-refractivity contribution in [1.82, 2.24) is 14.9 Å². The van der Waals surface area contributed by atoms with E-state index in [9.17, 15) is 13.2 Å². The Morgan fingerprint density at radius 3 is 2.73 bits per heavy atom. The summed E-state index contributed by atoms with van der Waals surface area (Å²) in [6.07, 6.45) is -3.27. The highest BCUT2D eigenvalue weighted by Gasteiger charge is 2.32. The van der Waals surface area contributed by atoms with Gasteiger partial charge in [0.15, 0.2) is 0 Å². The van der Waals surface area contributed by atoms with Gasteiger partial charge in [0.05, 0.1) is 18.8 Å². The van der Waals surface area contributed by atoms with Crippen molar-refractivity contribution < 1.29 is 27.4 Å². The standard InChI is InChI=1S/C16H19F3N4O3/c1-24-9-13-12(7-23-8-14(20)22-15(23)25-13)21-6-10-2-4-11(5-3-10)26-16(17,18)19/h2-5,8,12-13,21H,6-7,9,20H2,1H3. The topological polar surface area (TPSA) is 83.6 Å². The third kappa shape index (κ3) is 4.58. The number of anilines is 1. The normalized spacial score (nSPS) is 19.7. The summed E-state index contributed by atoms with van der Waals surface area (Å²) in [5.41, 5.74) is 6.50. The lowest BCUT2D eigenvalue weighted by atomic mass is 10.1. The van der Waals surface area contributed by atoms with Gasteiger partial charge in [-0.25, -0.2) is 0 Å². The van der Waals surface area contributed by atoms with Crippen molar-refractivity contribution in [2.24, 2.45) is 0 Å². The van der Waals surface area contributed by atoms with Gasteiger partial charge in [-0.05, 0) is 17.7 Å². The third-order valence-electron chi connectivity index (χ3n) is 3.91. The van der Waals surface area contributed by atoms with E-state index in [4.69, 9.17) is 15.2 Å². The molecule has 2 atom stereocenters. The molecule has 7 nitrogen and oxygen atoms in total. The van der Waals surface area contributed by atoms with Gasteiger partial charge in [-0.3, -0.25) is 4.57 Å². The van der Waals surface area contributed by atoms with Crippen LogP contribution in [0.5, 0.6) is 11.8 Å². The lowest BCUT2D eigenvalue weighted by Crippen LogP contribution is -2.50. The van der Waals surface area contributed by atoms with Crippen LogP contribution in [-0.4, -0.2) is 41.8 Å². The molecule has 2 unspecified atom stereocenters. The Morgan fingerprint density at radius 2 is 2.08 bits per heavy atom. The van der Waals surface area contributed by atoms with Crippen LogP contribution in [0.3, 0.4) is 0 Å². The van der Waals surface area contributed by atoms with E-state index in [1.807, 2.05) is 0 Å². The van der Waals surface area contributed by atoms with Gasteiger partial charge in [-0.2, -0.15) is 4.98 Å². The van der Waals surface area contributed by atoms with Crippen molar-refractivity contribution in [3.05, 3.63) is 36.0 Å². The number of rotatable bonds is 6. The summed E-state index contributed by atoms with van der Waals surface area (Å²) in [4.78, 5) is 4.10. The first-order chi connectivity index (χ1) is 12.3. The molecule has 1 aliphatic heterocycles. The average molecular weight is 372 g/mol. The highest BCUT2D eigenvalue weighted by atomic mass is 19.4. The molecule has 1 aromatic carbocycles. The molecule has 0 saturated heterocycles. The molecule has 0 fully saturated rings. The fourth-order valence-electron chi connectivity index (χ4n) is 2.76. The second-order valence-corrected chi connectivity index (χ2v) is 5.89. The number of fused-ring (bicyclic) bond motifs is 1. The molecule has 2 heterocycles. The van der Waals surface area contributed by atoms with Crippen LogP contribution in [0.4, 0.5) is 19.0 Å². The number of benzene rings is 1. The number of aromatic nitrogens is 2. The highest BCUT2D eigenvalue weighted by molar-refractivity contribution is 5.30. The van der Waals surface area contributed by atoms with E-state index in [0.717, 1.165) is 5.56 Å². The zero-order chi connectivity index (χ0) is 18.7. The maximum atomic E-state index is 12.2. The number of alkyl halides is 3. The van der Waals surface area contributed by atoms with Gasteiger partial charge in [0.25, 0.3) is 6.01 Å². The Balaban J connectivity index is 1.62. The van der Waals surface area contributed by atoms with Crippen LogP contribution in [-0.2, 0) is 17.8 Å². The molecule has 0 aliphatic carbocycles. The summed E-state index contributed by atoms with van der Waals surface area (Å²) in [6, 6.07) is 6.07. The number of ether oxygens (including phenoxy) is 3. The molecule has 0 radical (unpaired) electrons. The lowest BCUT2D eigenvalue weighted by Gasteiger charge is -2.32. The predicted molar refractivity (Wildman–Crippen MR) is 86.7 cm³/mol. The predicted octanol–water partition coefficient (Wildman–Crippen LogP) is 1.93. The van der Waals surface area contributed by atoms with Gasteiger partial charge in [-0.1, -0.05) is 12.1 Å². The summed E-state index contributed by atoms with van der Waals surface area (Å²) in [7, 11) is 1.58. The van der Waals surface area contributed by atoms with E-state index in [2.05, 4.69) is 15.0 Å². The number of imidazole rings is 1. The van der Waals surface area contributed by atoms with E-state index < -0.39 is 6.36 Å². The van der Waals surface area contributed by atoms with Crippen molar-refractivity contribution in [3.63, 3.8) is 0 Å². The fourth-order valence-corrected chi connectivity index (χ4v) is 2.76. The Kier molecular flexibility index (Phi) is 5.23. The number of hydrogen-bond acceptors (Lipinski definition) is 6. The molecule has 3 rings (SSSR count). The van der Waals surface area contributed by atoms with Crippen LogP contribution < -0.4 is 20.5 Å². The van der Waals surface area contributed by atoms with Crippen LogP contribution in [0.1, 0.15) is 5.56 Å². The number of nitrogens with two attached hydrogens (primary N) is 1. The number of halogens is 3. The van der Waals surface area contributed by atoms with Crippen LogP contribution in [0.15, 0.2) is 30.5 Å². The monoisotopic (exact) mass is 372 g/mol. The van der Waals surface area contributed by atoms with E-state index >= 15 is 0 Å². The van der Waals surface area contributed by atoms with Crippen molar-refractivity contribution in [1.29, 1.82) is 0 Å². The zero-order valence-corrected chi connectivity index (χ0v) is 14.0. The number of hydrogen-bond donors (Lipinski definition) is 2. The second-order valence-electron chi connectivity index (χ2n) is 5.89. The van der Waals surface area contributed by atoms with E-state index in [1.54, 1.807) is 30.0 Å². The molecule has 10 heteroatoms. The molecular formula is C16H19F3N4O3. The van der Waals surface area contributed by atoms with Crippen LogP contribution in [0.2, 0.25) is 0 Å². The molecular weight excluding hydrogens is 353 g/mol. The van der Waals surface area contributed by atoms with E-state index in [0.29, 0.717) is 31.5 Å². The maximum Gasteiger partial charge on any atom is 0.573 e. The number of methoxy groups -OCH3 is 1. The maximum absolute atomic E-state index is 12.2. The summed E-state index contributed by atoms with van der Waals surface area (Å²) in [5.74, 6) is 0.120. The first kappa shape index (κ1) is 18.3. The van der Waals surface area contributed by atoms with E-state index in [-0.39, 0.29) is 17.9 Å². The minimum atomic E-state index is -4.70. The smallest absolute Gasteiger partial charge is 0.457 e. The minimum absolute atomic E-state index is 0.0813. The van der Waals surface area contributed by atoms with Gasteiger partial charge < -0.3 is 25.3 Å². The van der Waals surface area contributed by atoms with Gasteiger partial charge in [-0.15, -0.1) is 13.2 Å². The lowest BCUT2D eigenvalue weighted by molar-refractivity contribution is -0.274. The van der Waals surface area contributed by atoms with Crippen molar-refractivity contribution >= 4 is 5.82 Å². The molecule has 0 spiro atoms. The molecule has 26 heavy (non-hydrogen) atoms. The Bertz CT molecular complexity index is 733. The molecule has 2 aromatic rings. The number of nitrogen functional groups attached to an aromatic ring is 1. The fraction of sp³-hybridized carbons (Fsp3) is 0.438.